The second-order valence-corrected chi connectivity index (χ2v) is 9.20. The lowest BCUT2D eigenvalue weighted by Gasteiger charge is -2.27. The molecule has 1 N–H and O–H groups in total. The summed E-state index contributed by atoms with van der Waals surface area (Å²) < 4.78 is 7.05. The molecule has 1 aliphatic rings. The van der Waals surface area contributed by atoms with Gasteiger partial charge in [0.05, 0.1) is 23.6 Å². The van der Waals surface area contributed by atoms with Gasteiger partial charge in [-0.05, 0) is 44.4 Å². The molecule has 1 saturated heterocycles. The molecule has 0 radical (unpaired) electrons. The quantitative estimate of drug-likeness (QED) is 0.378. The molecular weight excluding hydrogens is 450 g/mol. The first-order valence-electron chi connectivity index (χ1n) is 11.6. The Hall–Kier alpha value is -3.26. The number of likely N-dealkylation sites (tertiary alicyclic amines) is 1. The molecular formula is C26H29N3O4S. The molecule has 2 heterocycles. The normalized spacial score (nSPS) is 13.6. The number of benzene rings is 2. The minimum Gasteiger partial charge on any atom is -0.462 e. The second kappa shape index (κ2) is 11.2. The molecule has 1 fully saturated rings. The first-order chi connectivity index (χ1) is 16.6. The third-order valence-electron chi connectivity index (χ3n) is 5.82. The van der Waals surface area contributed by atoms with E-state index in [0.29, 0.717) is 17.8 Å². The van der Waals surface area contributed by atoms with Gasteiger partial charge in [-0.25, -0.2) is 4.79 Å². The van der Waals surface area contributed by atoms with Gasteiger partial charge in [0, 0.05) is 35.1 Å². The number of piperidine rings is 1. The van der Waals surface area contributed by atoms with Crippen molar-refractivity contribution < 1.29 is 19.1 Å². The van der Waals surface area contributed by atoms with Crippen molar-refractivity contribution in [3.63, 3.8) is 0 Å². The summed E-state index contributed by atoms with van der Waals surface area (Å²) in [7, 11) is 0. The van der Waals surface area contributed by atoms with Crippen LogP contribution in [0.15, 0.2) is 59.6 Å². The molecule has 8 heteroatoms. The van der Waals surface area contributed by atoms with Crippen LogP contribution in [0.1, 0.15) is 36.5 Å². The van der Waals surface area contributed by atoms with Crippen molar-refractivity contribution in [3.8, 4) is 0 Å². The second-order valence-electron chi connectivity index (χ2n) is 8.18. The third-order valence-corrected chi connectivity index (χ3v) is 6.86. The summed E-state index contributed by atoms with van der Waals surface area (Å²) in [5.41, 5.74) is 1.74. The summed E-state index contributed by atoms with van der Waals surface area (Å²) in [6, 6.07) is 14.7. The summed E-state index contributed by atoms with van der Waals surface area (Å²) in [4.78, 5) is 40.6. The zero-order chi connectivity index (χ0) is 23.9. The van der Waals surface area contributed by atoms with Gasteiger partial charge in [-0.15, -0.1) is 11.8 Å². The fraction of sp³-hybridized carbons (Fsp3) is 0.346. The third kappa shape index (κ3) is 5.62. The average molecular weight is 480 g/mol. The number of esters is 1. The minimum absolute atomic E-state index is 0.130. The minimum atomic E-state index is -0.465. The number of nitrogens with one attached hydrogen (secondary N) is 1. The molecule has 7 nitrogen and oxygen atoms in total. The molecule has 2 amide bonds. The van der Waals surface area contributed by atoms with Crippen molar-refractivity contribution in [2.24, 2.45) is 0 Å². The predicted octanol–water partition coefficient (Wildman–Crippen LogP) is 4.56. The molecule has 1 aliphatic heterocycles. The van der Waals surface area contributed by atoms with Gasteiger partial charge in [-0.2, -0.15) is 0 Å². The SMILES string of the molecule is CCOC(=O)c1ccccc1NC(=O)CSc1cn(CC(=O)N2CCCCC2)c2ccccc12. The summed E-state index contributed by atoms with van der Waals surface area (Å²) in [5, 5.41) is 3.83. The zero-order valence-corrected chi connectivity index (χ0v) is 20.1. The van der Waals surface area contributed by atoms with Crippen molar-refractivity contribution in [1.29, 1.82) is 0 Å². The average Bonchev–Trinajstić information content (AvgIpc) is 3.21. The Morgan fingerprint density at radius 3 is 2.53 bits per heavy atom. The van der Waals surface area contributed by atoms with Gasteiger partial charge in [0.2, 0.25) is 11.8 Å². The molecule has 178 valence electrons. The zero-order valence-electron chi connectivity index (χ0n) is 19.3. The highest BCUT2D eigenvalue weighted by Gasteiger charge is 2.19. The smallest absolute Gasteiger partial charge is 0.340 e. The molecule has 0 saturated carbocycles. The Kier molecular flexibility index (Phi) is 7.90. The van der Waals surface area contributed by atoms with Crippen LogP contribution in [0.25, 0.3) is 10.9 Å². The van der Waals surface area contributed by atoms with E-state index in [2.05, 4.69) is 5.32 Å². The number of hydrogen-bond acceptors (Lipinski definition) is 5. The maximum atomic E-state index is 12.8. The van der Waals surface area contributed by atoms with Crippen molar-refractivity contribution in [1.82, 2.24) is 9.47 Å². The van der Waals surface area contributed by atoms with Gasteiger partial charge in [-0.1, -0.05) is 30.3 Å². The van der Waals surface area contributed by atoms with Crippen LogP contribution >= 0.6 is 11.8 Å². The van der Waals surface area contributed by atoms with Crippen LogP contribution in [0.2, 0.25) is 0 Å². The number of aromatic nitrogens is 1. The molecule has 3 aromatic rings. The van der Waals surface area contributed by atoms with E-state index < -0.39 is 5.97 Å². The number of hydrogen-bond donors (Lipinski definition) is 1. The topological polar surface area (TPSA) is 80.6 Å². The fourth-order valence-corrected chi connectivity index (χ4v) is 5.05. The van der Waals surface area contributed by atoms with E-state index in [9.17, 15) is 14.4 Å². The van der Waals surface area contributed by atoms with Gasteiger partial charge in [0.25, 0.3) is 0 Å². The number of fused-ring (bicyclic) bond motifs is 1. The molecule has 0 spiro atoms. The molecule has 0 bridgehead atoms. The van der Waals surface area contributed by atoms with Crippen LogP contribution in [0.3, 0.4) is 0 Å². The number of amides is 2. The first-order valence-corrected chi connectivity index (χ1v) is 12.6. The standard InChI is InChI=1S/C26H29N3O4S/c1-2-33-26(32)19-10-4-6-12-21(19)27-24(30)18-34-23-16-29(22-13-7-5-11-20(22)23)17-25(31)28-14-8-3-9-15-28/h4-7,10-13,16H,2-3,8-9,14-15,17-18H2,1H3,(H,27,30). The number of ether oxygens (including phenoxy) is 1. The van der Waals surface area contributed by atoms with Crippen LogP contribution in [0, 0.1) is 0 Å². The maximum Gasteiger partial charge on any atom is 0.340 e. The molecule has 1 aromatic heterocycles. The number of carbonyl (C=O) groups excluding carboxylic acids is 3. The van der Waals surface area contributed by atoms with Gasteiger partial charge in [0.1, 0.15) is 6.54 Å². The van der Waals surface area contributed by atoms with Crippen molar-refractivity contribution in [3.05, 3.63) is 60.3 Å². The van der Waals surface area contributed by atoms with E-state index in [1.165, 1.54) is 18.2 Å². The lowest BCUT2D eigenvalue weighted by Crippen LogP contribution is -2.37. The number of thioether (sulfide) groups is 1. The van der Waals surface area contributed by atoms with Crippen molar-refractivity contribution >= 4 is 46.1 Å². The number of para-hydroxylation sites is 2. The number of rotatable bonds is 8. The molecule has 0 aliphatic carbocycles. The Morgan fingerprint density at radius 1 is 1.00 bits per heavy atom. The summed E-state index contributed by atoms with van der Waals surface area (Å²) in [6.07, 6.45) is 5.27. The van der Waals surface area contributed by atoms with Gasteiger partial charge in [-0.3, -0.25) is 9.59 Å². The van der Waals surface area contributed by atoms with E-state index in [1.807, 2.05) is 39.9 Å². The van der Waals surface area contributed by atoms with Crippen LogP contribution in [0.4, 0.5) is 5.69 Å². The van der Waals surface area contributed by atoms with Gasteiger partial charge < -0.3 is 19.5 Å². The Bertz CT molecular complexity index is 1180. The van der Waals surface area contributed by atoms with Crippen LogP contribution < -0.4 is 5.32 Å². The van der Waals surface area contributed by atoms with Crippen LogP contribution in [-0.2, 0) is 20.9 Å². The van der Waals surface area contributed by atoms with E-state index >= 15 is 0 Å². The van der Waals surface area contributed by atoms with Gasteiger partial charge >= 0.3 is 5.97 Å². The Balaban J connectivity index is 1.44. The fourth-order valence-electron chi connectivity index (χ4n) is 4.16. The highest BCUT2D eigenvalue weighted by Crippen LogP contribution is 2.30. The molecule has 4 rings (SSSR count). The highest BCUT2D eigenvalue weighted by atomic mass is 32.2. The van der Waals surface area contributed by atoms with Crippen LogP contribution in [-0.4, -0.2) is 52.7 Å². The molecule has 2 aromatic carbocycles. The molecule has 0 unspecified atom stereocenters. The van der Waals surface area contributed by atoms with Crippen LogP contribution in [0.5, 0.6) is 0 Å². The number of anilines is 1. The number of nitrogens with zero attached hydrogens (tertiary/aromatic N) is 2. The molecule has 34 heavy (non-hydrogen) atoms. The predicted molar refractivity (Wildman–Crippen MR) is 134 cm³/mol. The Morgan fingerprint density at radius 2 is 1.74 bits per heavy atom. The lowest BCUT2D eigenvalue weighted by atomic mass is 10.1. The summed E-state index contributed by atoms with van der Waals surface area (Å²) in [6.45, 7) is 3.95. The highest BCUT2D eigenvalue weighted by molar-refractivity contribution is 8.00. The van der Waals surface area contributed by atoms with E-state index in [1.54, 1.807) is 31.2 Å². The molecule has 0 atom stereocenters. The number of carbonyl (C=O) groups is 3. The van der Waals surface area contributed by atoms with Crippen molar-refractivity contribution in [2.45, 2.75) is 37.6 Å². The first kappa shape index (κ1) is 23.9. The van der Waals surface area contributed by atoms with Gasteiger partial charge in [0.15, 0.2) is 0 Å². The summed E-state index contributed by atoms with van der Waals surface area (Å²) in [5.74, 6) is -0.383. The van der Waals surface area contributed by atoms with E-state index in [4.69, 9.17) is 4.74 Å². The monoisotopic (exact) mass is 479 g/mol. The van der Waals surface area contributed by atoms with E-state index in [-0.39, 0.29) is 24.2 Å². The van der Waals surface area contributed by atoms with Crippen molar-refractivity contribution in [2.75, 3.05) is 30.8 Å². The largest absolute Gasteiger partial charge is 0.462 e. The Labute approximate surface area is 203 Å². The lowest BCUT2D eigenvalue weighted by molar-refractivity contribution is -0.132. The van der Waals surface area contributed by atoms with E-state index in [0.717, 1.165) is 41.7 Å². The summed E-state index contributed by atoms with van der Waals surface area (Å²) >= 11 is 1.41. The maximum absolute atomic E-state index is 12.8.